The van der Waals surface area contributed by atoms with Crippen molar-refractivity contribution in [3.05, 3.63) is 57.2 Å². The van der Waals surface area contributed by atoms with Gasteiger partial charge in [0.1, 0.15) is 5.75 Å². The molecule has 0 saturated carbocycles. The number of aromatic nitrogens is 2. The standard InChI is InChI=1S/C21H23BrN4O2/c1-13-11-26(12-14(13)2)20-8-6-18(24-25-20)21(27)23-17-4-3-9-28-19-7-5-15(22)10-16(17)19/h5-8,10,17H,3-4,9,11-12H2,1-2H3,(H,23,27). The summed E-state index contributed by atoms with van der Waals surface area (Å²) in [6, 6.07) is 9.39. The molecule has 1 N–H and O–H groups in total. The van der Waals surface area contributed by atoms with Crippen LogP contribution in [0, 0.1) is 0 Å². The van der Waals surface area contributed by atoms with E-state index in [1.54, 1.807) is 6.07 Å². The van der Waals surface area contributed by atoms with Crippen LogP contribution < -0.4 is 15.0 Å². The summed E-state index contributed by atoms with van der Waals surface area (Å²) < 4.78 is 6.76. The molecule has 0 aliphatic carbocycles. The number of halogens is 1. The molecular weight excluding hydrogens is 420 g/mol. The van der Waals surface area contributed by atoms with E-state index in [4.69, 9.17) is 4.74 Å². The predicted molar refractivity (Wildman–Crippen MR) is 112 cm³/mol. The highest BCUT2D eigenvalue weighted by Gasteiger charge is 2.24. The molecule has 0 saturated heterocycles. The minimum atomic E-state index is -0.219. The molecule has 1 unspecified atom stereocenters. The van der Waals surface area contributed by atoms with Gasteiger partial charge in [-0.15, -0.1) is 10.2 Å². The zero-order valence-corrected chi connectivity index (χ0v) is 17.6. The van der Waals surface area contributed by atoms with Crippen molar-refractivity contribution in [2.75, 3.05) is 24.6 Å². The SMILES string of the molecule is CC1=C(C)CN(c2ccc(C(=O)NC3CCCOc4ccc(Br)cc43)nn2)C1. The van der Waals surface area contributed by atoms with Crippen LogP contribution in [0.3, 0.4) is 0 Å². The van der Waals surface area contributed by atoms with Crippen molar-refractivity contribution >= 4 is 27.7 Å². The minimum absolute atomic E-state index is 0.114. The molecule has 2 aromatic rings. The lowest BCUT2D eigenvalue weighted by molar-refractivity contribution is 0.0928. The van der Waals surface area contributed by atoms with E-state index in [1.165, 1.54) is 11.1 Å². The van der Waals surface area contributed by atoms with Gasteiger partial charge in [-0.25, -0.2) is 0 Å². The first-order valence-electron chi connectivity index (χ1n) is 9.48. The lowest BCUT2D eigenvalue weighted by Crippen LogP contribution is -2.29. The van der Waals surface area contributed by atoms with Gasteiger partial charge in [0.05, 0.1) is 12.6 Å². The zero-order valence-electron chi connectivity index (χ0n) is 16.0. The van der Waals surface area contributed by atoms with Crippen LogP contribution >= 0.6 is 15.9 Å². The molecule has 0 fully saturated rings. The lowest BCUT2D eigenvalue weighted by atomic mass is 10.0. The summed E-state index contributed by atoms with van der Waals surface area (Å²) in [6.07, 6.45) is 1.70. The molecule has 2 aliphatic heterocycles. The molecule has 1 aromatic carbocycles. The highest BCUT2D eigenvalue weighted by atomic mass is 79.9. The normalized spacial score (nSPS) is 19.1. The number of anilines is 1. The number of nitrogens with one attached hydrogen (secondary N) is 1. The molecule has 1 atom stereocenters. The number of carbonyl (C=O) groups excluding carboxylic acids is 1. The first kappa shape index (κ1) is 18.9. The Kier molecular flexibility index (Phi) is 5.35. The van der Waals surface area contributed by atoms with Crippen LogP contribution in [0.2, 0.25) is 0 Å². The summed E-state index contributed by atoms with van der Waals surface area (Å²) in [7, 11) is 0. The van der Waals surface area contributed by atoms with Crippen LogP contribution in [0.15, 0.2) is 46.0 Å². The Labute approximate surface area is 173 Å². The third-order valence-electron chi connectivity index (χ3n) is 5.34. The number of amides is 1. The average Bonchev–Trinajstić information content (AvgIpc) is 2.91. The minimum Gasteiger partial charge on any atom is -0.493 e. The van der Waals surface area contributed by atoms with Gasteiger partial charge in [0.15, 0.2) is 11.5 Å². The van der Waals surface area contributed by atoms with Crippen molar-refractivity contribution in [2.24, 2.45) is 0 Å². The monoisotopic (exact) mass is 442 g/mol. The van der Waals surface area contributed by atoms with Crippen molar-refractivity contribution in [1.29, 1.82) is 0 Å². The second-order valence-electron chi connectivity index (χ2n) is 7.39. The van der Waals surface area contributed by atoms with Crippen molar-refractivity contribution in [3.8, 4) is 5.75 Å². The second kappa shape index (κ2) is 7.91. The van der Waals surface area contributed by atoms with Gasteiger partial charge in [-0.1, -0.05) is 27.1 Å². The van der Waals surface area contributed by atoms with Gasteiger partial charge < -0.3 is 15.0 Å². The molecule has 2 aliphatic rings. The number of fused-ring (bicyclic) bond motifs is 1. The Balaban J connectivity index is 1.48. The number of hydrogen-bond acceptors (Lipinski definition) is 5. The summed E-state index contributed by atoms with van der Waals surface area (Å²) >= 11 is 3.50. The Morgan fingerprint density at radius 3 is 2.68 bits per heavy atom. The highest BCUT2D eigenvalue weighted by molar-refractivity contribution is 9.10. The second-order valence-corrected chi connectivity index (χ2v) is 8.31. The van der Waals surface area contributed by atoms with E-state index in [0.29, 0.717) is 12.3 Å². The fourth-order valence-corrected chi connectivity index (χ4v) is 3.98. The van der Waals surface area contributed by atoms with Crippen LogP contribution in [-0.2, 0) is 0 Å². The Hall–Kier alpha value is -2.41. The number of ether oxygens (including phenoxy) is 1. The van der Waals surface area contributed by atoms with Crippen LogP contribution in [0.5, 0.6) is 5.75 Å². The Morgan fingerprint density at radius 1 is 1.18 bits per heavy atom. The Morgan fingerprint density at radius 2 is 1.96 bits per heavy atom. The largest absolute Gasteiger partial charge is 0.493 e. The molecule has 0 bridgehead atoms. The first-order chi connectivity index (χ1) is 13.5. The highest BCUT2D eigenvalue weighted by Crippen LogP contribution is 2.33. The van der Waals surface area contributed by atoms with E-state index in [9.17, 15) is 4.79 Å². The van der Waals surface area contributed by atoms with E-state index in [1.807, 2.05) is 24.3 Å². The molecule has 1 amide bonds. The number of carbonyl (C=O) groups is 1. The van der Waals surface area contributed by atoms with E-state index >= 15 is 0 Å². The van der Waals surface area contributed by atoms with Crippen LogP contribution in [0.1, 0.15) is 48.8 Å². The quantitative estimate of drug-likeness (QED) is 0.726. The van der Waals surface area contributed by atoms with Crippen LogP contribution in [0.4, 0.5) is 5.82 Å². The number of hydrogen-bond donors (Lipinski definition) is 1. The van der Waals surface area contributed by atoms with E-state index in [-0.39, 0.29) is 11.9 Å². The van der Waals surface area contributed by atoms with Gasteiger partial charge in [0.25, 0.3) is 5.91 Å². The molecule has 146 valence electrons. The van der Waals surface area contributed by atoms with Gasteiger partial charge in [-0.3, -0.25) is 4.79 Å². The first-order valence-corrected chi connectivity index (χ1v) is 10.3. The van der Waals surface area contributed by atoms with Crippen molar-refractivity contribution in [3.63, 3.8) is 0 Å². The Bertz CT molecular complexity index is 913. The van der Waals surface area contributed by atoms with Gasteiger partial charge in [-0.05, 0) is 57.0 Å². The summed E-state index contributed by atoms with van der Waals surface area (Å²) in [5.41, 5.74) is 4.04. The van der Waals surface area contributed by atoms with Crippen LogP contribution in [-0.4, -0.2) is 35.8 Å². The molecule has 6 nitrogen and oxygen atoms in total. The molecule has 3 heterocycles. The maximum atomic E-state index is 12.8. The molecule has 1 aromatic heterocycles. The van der Waals surface area contributed by atoms with Crippen molar-refractivity contribution in [2.45, 2.75) is 32.7 Å². The summed E-state index contributed by atoms with van der Waals surface area (Å²) in [5, 5.41) is 11.5. The fourth-order valence-electron chi connectivity index (χ4n) is 3.61. The molecule has 28 heavy (non-hydrogen) atoms. The van der Waals surface area contributed by atoms with Gasteiger partial charge in [0, 0.05) is 23.1 Å². The van der Waals surface area contributed by atoms with E-state index in [0.717, 1.165) is 47.5 Å². The predicted octanol–water partition coefficient (Wildman–Crippen LogP) is 4.04. The summed E-state index contributed by atoms with van der Waals surface area (Å²) in [6.45, 7) is 6.65. The smallest absolute Gasteiger partial charge is 0.272 e. The maximum absolute atomic E-state index is 12.8. The van der Waals surface area contributed by atoms with Gasteiger partial charge >= 0.3 is 0 Å². The summed E-state index contributed by atoms with van der Waals surface area (Å²) in [5.74, 6) is 1.40. The molecular formula is C21H23BrN4O2. The molecule has 0 radical (unpaired) electrons. The maximum Gasteiger partial charge on any atom is 0.272 e. The van der Waals surface area contributed by atoms with E-state index in [2.05, 4.69) is 50.2 Å². The van der Waals surface area contributed by atoms with Crippen LogP contribution in [0.25, 0.3) is 0 Å². The van der Waals surface area contributed by atoms with Crippen molar-refractivity contribution in [1.82, 2.24) is 15.5 Å². The number of nitrogens with zero attached hydrogens (tertiary/aromatic N) is 3. The van der Waals surface area contributed by atoms with Gasteiger partial charge in [0.2, 0.25) is 0 Å². The number of rotatable bonds is 3. The summed E-state index contributed by atoms with van der Waals surface area (Å²) in [4.78, 5) is 14.9. The third-order valence-corrected chi connectivity index (χ3v) is 5.83. The van der Waals surface area contributed by atoms with E-state index < -0.39 is 0 Å². The molecule has 4 rings (SSSR count). The molecule has 0 spiro atoms. The lowest BCUT2D eigenvalue weighted by Gasteiger charge is -2.19. The average molecular weight is 443 g/mol. The fraction of sp³-hybridized carbons (Fsp3) is 0.381. The molecule has 7 heteroatoms. The number of benzene rings is 1. The zero-order chi connectivity index (χ0) is 19.7. The third kappa shape index (κ3) is 3.90. The van der Waals surface area contributed by atoms with Crippen molar-refractivity contribution < 1.29 is 9.53 Å². The topological polar surface area (TPSA) is 67.4 Å². The van der Waals surface area contributed by atoms with Gasteiger partial charge in [-0.2, -0.15) is 0 Å².